The first-order chi connectivity index (χ1) is 13.5. The molecule has 0 aliphatic carbocycles. The zero-order valence-corrected chi connectivity index (χ0v) is 16.2. The van der Waals surface area contributed by atoms with Gasteiger partial charge >= 0.3 is 0 Å². The van der Waals surface area contributed by atoms with E-state index in [1.54, 1.807) is 0 Å². The normalized spacial score (nSPS) is 15.2. The fraction of sp³-hybridized carbons (Fsp3) is 0.381. The first-order valence-electron chi connectivity index (χ1n) is 9.38. The molecule has 1 fully saturated rings. The van der Waals surface area contributed by atoms with Crippen molar-refractivity contribution < 1.29 is 14.5 Å². The summed E-state index contributed by atoms with van der Waals surface area (Å²) in [4.78, 5) is 25.6. The van der Waals surface area contributed by atoms with Crippen molar-refractivity contribution in [1.82, 2.24) is 4.90 Å². The topological polar surface area (TPSA) is 84.7 Å². The van der Waals surface area contributed by atoms with Crippen LogP contribution in [0.3, 0.4) is 0 Å². The number of nitrogens with zero attached hydrogens (tertiary/aromatic N) is 2. The number of nitro benzene ring substituents is 1. The summed E-state index contributed by atoms with van der Waals surface area (Å²) in [6.45, 7) is 4.69. The monoisotopic (exact) mass is 383 g/mol. The van der Waals surface area contributed by atoms with Crippen LogP contribution in [0.2, 0.25) is 0 Å². The number of nitro groups is 1. The highest BCUT2D eigenvalue weighted by atomic mass is 16.6. The van der Waals surface area contributed by atoms with E-state index in [0.29, 0.717) is 11.4 Å². The van der Waals surface area contributed by atoms with Crippen molar-refractivity contribution in [2.45, 2.75) is 26.3 Å². The largest absolute Gasteiger partial charge is 0.495 e. The second-order valence-electron chi connectivity index (χ2n) is 7.11. The number of amides is 1. The van der Waals surface area contributed by atoms with Gasteiger partial charge in [-0.15, -0.1) is 0 Å². The Labute approximate surface area is 164 Å². The molecular weight excluding hydrogens is 358 g/mol. The molecule has 7 nitrogen and oxygen atoms in total. The molecule has 148 valence electrons. The Hall–Kier alpha value is -2.93. The van der Waals surface area contributed by atoms with Crippen molar-refractivity contribution in [3.63, 3.8) is 0 Å². The predicted octanol–water partition coefficient (Wildman–Crippen LogP) is 3.76. The highest BCUT2D eigenvalue weighted by molar-refractivity contribution is 5.94. The molecule has 0 atom stereocenters. The molecule has 1 aliphatic rings. The van der Waals surface area contributed by atoms with Gasteiger partial charge < -0.3 is 10.1 Å². The minimum Gasteiger partial charge on any atom is -0.495 e. The highest BCUT2D eigenvalue weighted by Gasteiger charge is 2.26. The number of carbonyl (C=O) groups excluding carboxylic acids is 1. The van der Waals surface area contributed by atoms with Gasteiger partial charge in [-0.05, 0) is 50.0 Å². The van der Waals surface area contributed by atoms with Crippen LogP contribution in [0.4, 0.5) is 11.4 Å². The smallest absolute Gasteiger partial charge is 0.271 e. The van der Waals surface area contributed by atoms with Gasteiger partial charge in [0, 0.05) is 24.6 Å². The van der Waals surface area contributed by atoms with Crippen LogP contribution >= 0.6 is 0 Å². The Kier molecular flexibility index (Phi) is 6.26. The molecule has 0 bridgehead atoms. The van der Waals surface area contributed by atoms with E-state index in [4.69, 9.17) is 4.74 Å². The summed E-state index contributed by atoms with van der Waals surface area (Å²) in [6.07, 6.45) is 1.52. The summed E-state index contributed by atoms with van der Waals surface area (Å²) in [5.74, 6) is 0.183. The third kappa shape index (κ3) is 4.67. The van der Waals surface area contributed by atoms with Crippen LogP contribution < -0.4 is 10.1 Å². The standard InChI is InChI=1S/C21H25N3O4/c1-15-5-3-4-6-17(15)14-23-11-9-16(10-12-23)21(25)22-19-13-18(24(26)27)7-8-20(19)28-2/h3-8,13,16H,9-12,14H2,1-2H3,(H,22,25). The molecule has 3 rings (SSSR count). The van der Waals surface area contributed by atoms with Gasteiger partial charge in [-0.2, -0.15) is 0 Å². The third-order valence-corrected chi connectivity index (χ3v) is 5.27. The van der Waals surface area contributed by atoms with E-state index in [1.165, 1.54) is 36.4 Å². The number of methoxy groups -OCH3 is 1. The van der Waals surface area contributed by atoms with E-state index in [0.717, 1.165) is 32.5 Å². The third-order valence-electron chi connectivity index (χ3n) is 5.27. The molecule has 1 aliphatic heterocycles. The summed E-state index contributed by atoms with van der Waals surface area (Å²) in [6, 6.07) is 12.5. The lowest BCUT2D eigenvalue weighted by Crippen LogP contribution is -2.37. The number of anilines is 1. The van der Waals surface area contributed by atoms with Crippen LogP contribution in [0, 0.1) is 23.0 Å². The lowest BCUT2D eigenvalue weighted by molar-refractivity contribution is -0.384. The highest BCUT2D eigenvalue weighted by Crippen LogP contribution is 2.30. The molecule has 0 unspecified atom stereocenters. The Morgan fingerprint density at radius 2 is 1.96 bits per heavy atom. The molecule has 2 aromatic carbocycles. The number of ether oxygens (including phenoxy) is 1. The molecule has 28 heavy (non-hydrogen) atoms. The number of carbonyl (C=O) groups is 1. The summed E-state index contributed by atoms with van der Waals surface area (Å²) in [5.41, 5.74) is 2.85. The van der Waals surface area contributed by atoms with Gasteiger partial charge in [0.05, 0.1) is 17.7 Å². The number of aryl methyl sites for hydroxylation is 1. The number of hydrogen-bond acceptors (Lipinski definition) is 5. The van der Waals surface area contributed by atoms with Crippen LogP contribution in [-0.4, -0.2) is 35.9 Å². The predicted molar refractivity (Wildman–Crippen MR) is 107 cm³/mol. The van der Waals surface area contributed by atoms with E-state index in [-0.39, 0.29) is 17.5 Å². The second kappa shape index (κ2) is 8.84. The number of piperidine rings is 1. The first-order valence-corrected chi connectivity index (χ1v) is 9.38. The maximum atomic E-state index is 12.7. The van der Waals surface area contributed by atoms with E-state index < -0.39 is 4.92 Å². The Bertz CT molecular complexity index is 860. The molecular formula is C21H25N3O4. The van der Waals surface area contributed by atoms with Crippen LogP contribution in [0.5, 0.6) is 5.75 Å². The molecule has 1 heterocycles. The fourth-order valence-corrected chi connectivity index (χ4v) is 3.52. The minimum atomic E-state index is -0.487. The zero-order chi connectivity index (χ0) is 20.1. The second-order valence-corrected chi connectivity index (χ2v) is 7.11. The van der Waals surface area contributed by atoms with Gasteiger partial charge in [0.15, 0.2) is 0 Å². The molecule has 1 saturated heterocycles. The molecule has 2 aromatic rings. The van der Waals surface area contributed by atoms with Crippen molar-refractivity contribution in [3.8, 4) is 5.75 Å². The van der Waals surface area contributed by atoms with E-state index in [2.05, 4.69) is 35.3 Å². The molecule has 1 amide bonds. The van der Waals surface area contributed by atoms with Crippen molar-refractivity contribution in [2.24, 2.45) is 5.92 Å². The van der Waals surface area contributed by atoms with E-state index in [9.17, 15) is 14.9 Å². The van der Waals surface area contributed by atoms with E-state index in [1.807, 2.05) is 6.07 Å². The van der Waals surface area contributed by atoms with Gasteiger partial charge in [0.25, 0.3) is 5.69 Å². The Balaban J connectivity index is 1.59. The average Bonchev–Trinajstić information content (AvgIpc) is 2.70. The van der Waals surface area contributed by atoms with Gasteiger partial charge in [-0.3, -0.25) is 19.8 Å². The first kappa shape index (κ1) is 19.8. The lowest BCUT2D eigenvalue weighted by Gasteiger charge is -2.31. The van der Waals surface area contributed by atoms with Crippen molar-refractivity contribution >= 4 is 17.3 Å². The number of nitrogens with one attached hydrogen (secondary N) is 1. The molecule has 7 heteroatoms. The van der Waals surface area contributed by atoms with Crippen molar-refractivity contribution in [3.05, 3.63) is 63.7 Å². The van der Waals surface area contributed by atoms with Gasteiger partial charge in [-0.25, -0.2) is 0 Å². The number of likely N-dealkylation sites (tertiary alicyclic amines) is 1. The Morgan fingerprint density at radius 1 is 1.25 bits per heavy atom. The molecule has 0 radical (unpaired) electrons. The molecule has 0 spiro atoms. The number of non-ortho nitro benzene ring substituents is 1. The Morgan fingerprint density at radius 3 is 2.61 bits per heavy atom. The van der Waals surface area contributed by atoms with Crippen molar-refractivity contribution in [2.75, 3.05) is 25.5 Å². The lowest BCUT2D eigenvalue weighted by atomic mass is 9.95. The quantitative estimate of drug-likeness (QED) is 0.606. The van der Waals surface area contributed by atoms with Crippen LogP contribution in [0.15, 0.2) is 42.5 Å². The molecule has 1 N–H and O–H groups in total. The summed E-state index contributed by atoms with van der Waals surface area (Å²) in [5, 5.41) is 13.8. The average molecular weight is 383 g/mol. The SMILES string of the molecule is COc1ccc([N+](=O)[O-])cc1NC(=O)C1CCN(Cc2ccccc2C)CC1. The van der Waals surface area contributed by atoms with Crippen molar-refractivity contribution in [1.29, 1.82) is 0 Å². The zero-order valence-electron chi connectivity index (χ0n) is 16.2. The number of benzene rings is 2. The summed E-state index contributed by atoms with van der Waals surface area (Å²) >= 11 is 0. The molecule has 0 aromatic heterocycles. The van der Waals surface area contributed by atoms with Crippen LogP contribution in [0.1, 0.15) is 24.0 Å². The maximum Gasteiger partial charge on any atom is 0.271 e. The van der Waals surface area contributed by atoms with E-state index >= 15 is 0 Å². The van der Waals surface area contributed by atoms with Gasteiger partial charge in [-0.1, -0.05) is 24.3 Å². The summed E-state index contributed by atoms with van der Waals surface area (Å²) in [7, 11) is 1.47. The van der Waals surface area contributed by atoms with Gasteiger partial charge in [0.2, 0.25) is 5.91 Å². The minimum absolute atomic E-state index is 0.0795. The van der Waals surface area contributed by atoms with Crippen LogP contribution in [-0.2, 0) is 11.3 Å². The number of hydrogen-bond donors (Lipinski definition) is 1. The van der Waals surface area contributed by atoms with Crippen LogP contribution in [0.25, 0.3) is 0 Å². The molecule has 0 saturated carbocycles. The van der Waals surface area contributed by atoms with Gasteiger partial charge in [0.1, 0.15) is 5.75 Å². The number of rotatable bonds is 6. The maximum absolute atomic E-state index is 12.7. The summed E-state index contributed by atoms with van der Waals surface area (Å²) < 4.78 is 5.22. The fourth-order valence-electron chi connectivity index (χ4n) is 3.52.